The van der Waals surface area contributed by atoms with Crippen molar-refractivity contribution in [2.75, 3.05) is 13.7 Å². The number of carbonyl (C=O) groups excluding carboxylic acids is 1. The number of ether oxygens (including phenoxy) is 3. The lowest BCUT2D eigenvalue weighted by molar-refractivity contribution is 0.102. The van der Waals surface area contributed by atoms with Crippen molar-refractivity contribution in [2.45, 2.75) is 20.1 Å². The predicted molar refractivity (Wildman–Crippen MR) is 91.8 cm³/mol. The summed E-state index contributed by atoms with van der Waals surface area (Å²) in [6, 6.07) is 5.50. The first-order chi connectivity index (χ1) is 13.2. The largest absolute Gasteiger partial charge is 0.515 e. The molecule has 0 bridgehead atoms. The van der Waals surface area contributed by atoms with Crippen LogP contribution in [0.4, 0.5) is 4.79 Å². The molecule has 0 unspecified atom stereocenters. The summed E-state index contributed by atoms with van der Waals surface area (Å²) in [6.45, 7) is 1.86. The molecule has 0 aliphatic carbocycles. The van der Waals surface area contributed by atoms with Crippen LogP contribution in [0.25, 0.3) is 17.1 Å². The van der Waals surface area contributed by atoms with Gasteiger partial charge in [0.25, 0.3) is 0 Å². The Balaban J connectivity index is 1.90. The zero-order valence-electron chi connectivity index (χ0n) is 14.7. The van der Waals surface area contributed by atoms with Gasteiger partial charge in [-0.25, -0.2) is 9.78 Å². The molecule has 140 valence electrons. The first kappa shape index (κ1) is 17.0. The number of rotatable bonds is 4. The highest BCUT2D eigenvalue weighted by Crippen LogP contribution is 2.36. The molecule has 1 N–H and O–H groups in total. The highest BCUT2D eigenvalue weighted by Gasteiger charge is 2.27. The fourth-order valence-corrected chi connectivity index (χ4v) is 3.02. The van der Waals surface area contributed by atoms with Crippen molar-refractivity contribution in [3.8, 4) is 28.7 Å². The second kappa shape index (κ2) is 6.72. The molecule has 0 saturated heterocycles. The zero-order chi connectivity index (χ0) is 19.0. The minimum absolute atomic E-state index is 0.126. The Morgan fingerprint density at radius 2 is 2.19 bits per heavy atom. The maximum Gasteiger partial charge on any atom is 0.515 e. The molecule has 27 heavy (non-hydrogen) atoms. The molecule has 0 amide bonds. The topological polar surface area (TPSA) is 114 Å². The first-order valence-corrected chi connectivity index (χ1v) is 8.28. The lowest BCUT2D eigenvalue weighted by Gasteiger charge is -2.10. The van der Waals surface area contributed by atoms with Crippen LogP contribution in [0.3, 0.4) is 0 Å². The van der Waals surface area contributed by atoms with E-state index in [2.05, 4.69) is 15.2 Å². The fraction of sp³-hybridized carbons (Fsp3) is 0.294. The minimum atomic E-state index is -0.829. The molecule has 10 nitrogen and oxygen atoms in total. The quantitative estimate of drug-likeness (QED) is 0.537. The summed E-state index contributed by atoms with van der Waals surface area (Å²) in [4.78, 5) is 16.0. The van der Waals surface area contributed by atoms with Gasteiger partial charge in [0, 0.05) is 5.56 Å². The van der Waals surface area contributed by atoms with Gasteiger partial charge in [-0.15, -0.1) is 10.2 Å². The third kappa shape index (κ3) is 2.79. The number of carbonyl (C=O) groups is 1. The van der Waals surface area contributed by atoms with Crippen molar-refractivity contribution in [1.29, 1.82) is 0 Å². The van der Waals surface area contributed by atoms with Gasteiger partial charge in [-0.3, -0.25) is 4.57 Å². The number of aliphatic hydroxyl groups is 1. The van der Waals surface area contributed by atoms with E-state index in [1.165, 1.54) is 0 Å². The van der Waals surface area contributed by atoms with E-state index in [1.54, 1.807) is 29.5 Å². The van der Waals surface area contributed by atoms with E-state index in [0.717, 1.165) is 11.3 Å². The summed E-state index contributed by atoms with van der Waals surface area (Å²) in [5.74, 6) is 1.73. The van der Waals surface area contributed by atoms with Gasteiger partial charge in [0.05, 0.1) is 25.9 Å². The molecule has 0 radical (unpaired) electrons. The van der Waals surface area contributed by atoms with Crippen molar-refractivity contribution >= 4 is 6.16 Å². The standard InChI is InChI=1S/C17H17N5O5/c1-3-26-17(24)27-16-13-7-21-14(8-23)19-20-15(21)11-6-10(25-2)4-5-12(11)22(13)9-18-16/h4-6,9,23H,3,7-8H2,1-2H3. The van der Waals surface area contributed by atoms with Gasteiger partial charge in [-0.2, -0.15) is 0 Å². The molecule has 0 fully saturated rings. The van der Waals surface area contributed by atoms with Crippen LogP contribution in [0.2, 0.25) is 0 Å². The average molecular weight is 371 g/mol. The Labute approximate surface area is 153 Å². The van der Waals surface area contributed by atoms with E-state index in [-0.39, 0.29) is 25.6 Å². The number of imidazole rings is 1. The van der Waals surface area contributed by atoms with Crippen LogP contribution in [0.15, 0.2) is 24.5 Å². The van der Waals surface area contributed by atoms with Crippen molar-refractivity contribution in [1.82, 2.24) is 24.3 Å². The molecule has 4 rings (SSSR count). The molecule has 0 atom stereocenters. The van der Waals surface area contributed by atoms with Crippen LogP contribution >= 0.6 is 0 Å². The Morgan fingerprint density at radius 3 is 2.93 bits per heavy atom. The number of hydrogen-bond acceptors (Lipinski definition) is 8. The van der Waals surface area contributed by atoms with E-state index in [9.17, 15) is 9.90 Å². The number of methoxy groups -OCH3 is 1. The summed E-state index contributed by atoms with van der Waals surface area (Å²) in [5, 5.41) is 17.9. The molecule has 2 aromatic heterocycles. The van der Waals surface area contributed by atoms with Crippen LogP contribution in [-0.4, -0.2) is 49.3 Å². The number of fused-ring (bicyclic) bond motifs is 5. The lowest BCUT2D eigenvalue weighted by atomic mass is 10.1. The Hall–Kier alpha value is -3.40. The third-order valence-corrected chi connectivity index (χ3v) is 4.25. The van der Waals surface area contributed by atoms with Gasteiger partial charge < -0.3 is 23.9 Å². The van der Waals surface area contributed by atoms with E-state index in [4.69, 9.17) is 14.2 Å². The highest BCUT2D eigenvalue weighted by molar-refractivity contribution is 5.72. The summed E-state index contributed by atoms with van der Waals surface area (Å²) in [7, 11) is 1.58. The summed E-state index contributed by atoms with van der Waals surface area (Å²) < 4.78 is 19.0. The first-order valence-electron chi connectivity index (χ1n) is 8.28. The number of nitrogens with zero attached hydrogens (tertiary/aromatic N) is 5. The predicted octanol–water partition coefficient (Wildman–Crippen LogP) is 1.53. The molecule has 0 spiro atoms. The van der Waals surface area contributed by atoms with Crippen LogP contribution in [-0.2, 0) is 17.9 Å². The minimum Gasteiger partial charge on any atom is -0.497 e. The van der Waals surface area contributed by atoms with Crippen LogP contribution in [0, 0.1) is 0 Å². The highest BCUT2D eigenvalue weighted by atomic mass is 16.7. The molecule has 3 aromatic rings. The lowest BCUT2D eigenvalue weighted by Crippen LogP contribution is -2.13. The van der Waals surface area contributed by atoms with Gasteiger partial charge in [0.2, 0.25) is 5.88 Å². The van der Waals surface area contributed by atoms with Crippen molar-refractivity contribution in [2.24, 2.45) is 0 Å². The van der Waals surface area contributed by atoms with Crippen LogP contribution in [0.5, 0.6) is 11.6 Å². The normalized spacial score (nSPS) is 11.8. The number of hydrogen-bond donors (Lipinski definition) is 1. The molecule has 0 saturated carbocycles. The maximum atomic E-state index is 11.7. The van der Waals surface area contributed by atoms with Crippen molar-refractivity contribution < 1.29 is 24.1 Å². The van der Waals surface area contributed by atoms with Crippen LogP contribution in [0.1, 0.15) is 18.4 Å². The smallest absolute Gasteiger partial charge is 0.497 e. The molecular weight excluding hydrogens is 354 g/mol. The van der Waals surface area contributed by atoms with Crippen molar-refractivity contribution in [3.63, 3.8) is 0 Å². The molecule has 10 heteroatoms. The van der Waals surface area contributed by atoms with Crippen LogP contribution < -0.4 is 9.47 Å². The summed E-state index contributed by atoms with van der Waals surface area (Å²) in [6.07, 6.45) is 0.734. The SMILES string of the molecule is CCOC(=O)Oc1ncn2c1Cn1c(CO)nnc1-c1cc(OC)ccc1-2. The molecular formula is C17H17N5O5. The molecule has 1 aromatic carbocycles. The van der Waals surface area contributed by atoms with E-state index in [1.807, 2.05) is 18.2 Å². The monoisotopic (exact) mass is 371 g/mol. The average Bonchev–Trinajstić information content (AvgIpc) is 3.23. The Kier molecular flexibility index (Phi) is 4.24. The van der Waals surface area contributed by atoms with Gasteiger partial charge in [0.15, 0.2) is 11.6 Å². The van der Waals surface area contributed by atoms with Crippen molar-refractivity contribution in [3.05, 3.63) is 36.0 Å². The number of aromatic nitrogens is 5. The third-order valence-electron chi connectivity index (χ3n) is 4.25. The van der Waals surface area contributed by atoms with Gasteiger partial charge in [0.1, 0.15) is 24.4 Å². The van der Waals surface area contributed by atoms with Gasteiger partial charge >= 0.3 is 6.16 Å². The van der Waals surface area contributed by atoms with Gasteiger partial charge in [-0.05, 0) is 25.1 Å². The number of aliphatic hydroxyl groups excluding tert-OH is 1. The number of benzene rings is 1. The molecule has 1 aliphatic rings. The molecule has 3 heterocycles. The zero-order valence-corrected chi connectivity index (χ0v) is 14.7. The second-order valence-electron chi connectivity index (χ2n) is 5.72. The second-order valence-corrected chi connectivity index (χ2v) is 5.72. The fourth-order valence-electron chi connectivity index (χ4n) is 3.02. The van der Waals surface area contributed by atoms with E-state index in [0.29, 0.717) is 23.1 Å². The Morgan fingerprint density at radius 1 is 1.33 bits per heavy atom. The van der Waals surface area contributed by atoms with E-state index < -0.39 is 6.16 Å². The molecule has 1 aliphatic heterocycles. The maximum absolute atomic E-state index is 11.7. The summed E-state index contributed by atoms with van der Waals surface area (Å²) >= 11 is 0. The Bertz CT molecular complexity index is 1010. The van der Waals surface area contributed by atoms with Gasteiger partial charge in [-0.1, -0.05) is 0 Å². The van der Waals surface area contributed by atoms with E-state index >= 15 is 0 Å². The summed E-state index contributed by atoms with van der Waals surface area (Å²) in [5.41, 5.74) is 2.12.